The maximum absolute atomic E-state index is 12.3. The van der Waals surface area contributed by atoms with Gasteiger partial charge in [-0.1, -0.05) is 18.5 Å². The molecule has 1 aromatic carbocycles. The summed E-state index contributed by atoms with van der Waals surface area (Å²) in [6.07, 6.45) is 3.39. The summed E-state index contributed by atoms with van der Waals surface area (Å²) in [6, 6.07) is 5.10. The molecule has 25 heavy (non-hydrogen) atoms. The van der Waals surface area contributed by atoms with Gasteiger partial charge in [-0.25, -0.2) is 4.79 Å². The van der Waals surface area contributed by atoms with Gasteiger partial charge < -0.3 is 24.8 Å². The maximum Gasteiger partial charge on any atom is 0.319 e. The van der Waals surface area contributed by atoms with Crippen LogP contribution in [-0.2, 0) is 9.47 Å². The molecule has 2 amide bonds. The van der Waals surface area contributed by atoms with Crippen LogP contribution in [-0.4, -0.2) is 44.1 Å². The summed E-state index contributed by atoms with van der Waals surface area (Å²) in [7, 11) is 0. The lowest BCUT2D eigenvalue weighted by Crippen LogP contribution is -2.49. The van der Waals surface area contributed by atoms with E-state index in [1.165, 1.54) is 0 Å². The molecule has 2 heterocycles. The van der Waals surface area contributed by atoms with Crippen LogP contribution in [0, 0.1) is 0 Å². The lowest BCUT2D eigenvalue weighted by Gasteiger charge is -2.37. The van der Waals surface area contributed by atoms with Crippen molar-refractivity contribution in [1.82, 2.24) is 5.32 Å². The van der Waals surface area contributed by atoms with Crippen LogP contribution < -0.4 is 15.4 Å². The fourth-order valence-corrected chi connectivity index (χ4v) is 3.51. The Hall–Kier alpha value is -1.50. The number of carbonyl (C=O) groups is 1. The van der Waals surface area contributed by atoms with E-state index in [4.69, 9.17) is 25.8 Å². The van der Waals surface area contributed by atoms with Crippen molar-refractivity contribution < 1.29 is 19.0 Å². The number of hydrogen-bond donors (Lipinski definition) is 2. The van der Waals surface area contributed by atoms with Gasteiger partial charge in [0.05, 0.1) is 23.8 Å². The zero-order valence-electron chi connectivity index (χ0n) is 14.5. The van der Waals surface area contributed by atoms with Crippen LogP contribution in [0.3, 0.4) is 0 Å². The van der Waals surface area contributed by atoms with Crippen molar-refractivity contribution in [3.05, 3.63) is 23.2 Å². The molecule has 2 N–H and O–H groups in total. The predicted octanol–water partition coefficient (Wildman–Crippen LogP) is 3.59. The monoisotopic (exact) mass is 368 g/mol. The molecule has 2 saturated heterocycles. The average Bonchev–Trinajstić information content (AvgIpc) is 3.01. The van der Waals surface area contributed by atoms with Gasteiger partial charge in [-0.2, -0.15) is 0 Å². The van der Waals surface area contributed by atoms with Gasteiger partial charge in [0, 0.05) is 31.4 Å². The number of halogens is 1. The molecule has 2 fully saturated rings. The van der Waals surface area contributed by atoms with E-state index in [0.29, 0.717) is 36.3 Å². The number of anilines is 1. The summed E-state index contributed by atoms with van der Waals surface area (Å²) in [4.78, 5) is 12.3. The van der Waals surface area contributed by atoms with E-state index in [1.807, 2.05) is 6.92 Å². The average molecular weight is 369 g/mol. The standard InChI is InChI=1S/C18H25ClN2O4/c1-2-7-24-16-4-3-13(10-15(16)19)20-17(22)21-14-5-8-25-18(11-14)6-9-23-12-18/h3-4,10,14H,2,5-9,11-12H2,1H3,(H2,20,21,22)/t14-,18-/m0/s1. The van der Waals surface area contributed by atoms with Gasteiger partial charge in [0.1, 0.15) is 5.75 Å². The molecule has 2 aliphatic rings. The van der Waals surface area contributed by atoms with Crippen molar-refractivity contribution in [1.29, 1.82) is 0 Å². The van der Waals surface area contributed by atoms with Crippen molar-refractivity contribution in [3.63, 3.8) is 0 Å². The largest absolute Gasteiger partial charge is 0.492 e. The molecule has 1 aromatic rings. The smallest absolute Gasteiger partial charge is 0.319 e. The summed E-state index contributed by atoms with van der Waals surface area (Å²) in [5, 5.41) is 6.34. The molecule has 0 unspecified atom stereocenters. The second-order valence-electron chi connectivity index (χ2n) is 6.62. The molecule has 0 aromatic heterocycles. The molecular formula is C18H25ClN2O4. The Labute approximate surface area is 153 Å². The van der Waals surface area contributed by atoms with Crippen molar-refractivity contribution in [2.75, 3.05) is 31.7 Å². The van der Waals surface area contributed by atoms with E-state index in [-0.39, 0.29) is 17.7 Å². The Morgan fingerprint density at radius 3 is 3.04 bits per heavy atom. The topological polar surface area (TPSA) is 68.8 Å². The third-order valence-corrected chi connectivity index (χ3v) is 4.84. The molecule has 0 aliphatic carbocycles. The van der Waals surface area contributed by atoms with E-state index in [2.05, 4.69) is 10.6 Å². The number of rotatable bonds is 5. The van der Waals surface area contributed by atoms with E-state index in [1.54, 1.807) is 18.2 Å². The summed E-state index contributed by atoms with van der Waals surface area (Å²) in [6.45, 7) is 4.63. The molecule has 7 heteroatoms. The van der Waals surface area contributed by atoms with Gasteiger partial charge in [0.25, 0.3) is 0 Å². The van der Waals surface area contributed by atoms with Crippen molar-refractivity contribution >= 4 is 23.3 Å². The van der Waals surface area contributed by atoms with E-state index in [0.717, 1.165) is 32.3 Å². The van der Waals surface area contributed by atoms with Gasteiger partial charge in [-0.05, 0) is 37.5 Å². The predicted molar refractivity (Wildman–Crippen MR) is 96.5 cm³/mol. The Morgan fingerprint density at radius 2 is 2.32 bits per heavy atom. The van der Waals surface area contributed by atoms with Crippen LogP contribution in [0.5, 0.6) is 5.75 Å². The summed E-state index contributed by atoms with van der Waals surface area (Å²) in [5.74, 6) is 0.627. The minimum atomic E-state index is -0.237. The van der Waals surface area contributed by atoms with Gasteiger partial charge in [0.15, 0.2) is 0 Å². The number of ether oxygens (including phenoxy) is 3. The van der Waals surface area contributed by atoms with Crippen molar-refractivity contribution in [2.45, 2.75) is 44.2 Å². The summed E-state index contributed by atoms with van der Waals surface area (Å²) >= 11 is 6.20. The van der Waals surface area contributed by atoms with Crippen LogP contribution in [0.4, 0.5) is 10.5 Å². The number of benzene rings is 1. The number of hydrogen-bond acceptors (Lipinski definition) is 4. The third kappa shape index (κ3) is 4.77. The molecule has 0 saturated carbocycles. The quantitative estimate of drug-likeness (QED) is 0.833. The minimum Gasteiger partial charge on any atom is -0.492 e. The Balaban J connectivity index is 1.53. The fraction of sp³-hybridized carbons (Fsp3) is 0.611. The molecule has 1 spiro atoms. The fourth-order valence-electron chi connectivity index (χ4n) is 3.27. The SMILES string of the molecule is CCCOc1ccc(NC(=O)N[C@H]2CCO[C@@]3(CCOC3)C2)cc1Cl. The number of urea groups is 1. The molecule has 0 bridgehead atoms. The second-order valence-corrected chi connectivity index (χ2v) is 7.02. The highest BCUT2D eigenvalue weighted by Crippen LogP contribution is 2.33. The molecule has 0 radical (unpaired) electrons. The molecule has 3 rings (SSSR count). The van der Waals surface area contributed by atoms with E-state index < -0.39 is 0 Å². The normalized spacial score (nSPS) is 25.8. The first-order valence-corrected chi connectivity index (χ1v) is 9.19. The van der Waals surface area contributed by atoms with Crippen LogP contribution in [0.1, 0.15) is 32.6 Å². The van der Waals surface area contributed by atoms with Crippen LogP contribution in [0.15, 0.2) is 18.2 Å². The van der Waals surface area contributed by atoms with Crippen molar-refractivity contribution in [3.8, 4) is 5.75 Å². The van der Waals surface area contributed by atoms with E-state index in [9.17, 15) is 4.79 Å². The summed E-state index contributed by atoms with van der Waals surface area (Å²) in [5.41, 5.74) is 0.412. The lowest BCUT2D eigenvalue weighted by atomic mass is 9.90. The van der Waals surface area contributed by atoms with Crippen LogP contribution in [0.2, 0.25) is 5.02 Å². The van der Waals surface area contributed by atoms with Gasteiger partial charge in [0.2, 0.25) is 0 Å². The molecular weight excluding hydrogens is 344 g/mol. The maximum atomic E-state index is 12.3. The Bertz CT molecular complexity index is 605. The molecule has 138 valence electrons. The van der Waals surface area contributed by atoms with Crippen molar-refractivity contribution in [2.24, 2.45) is 0 Å². The second kappa shape index (κ2) is 8.25. The zero-order valence-corrected chi connectivity index (χ0v) is 15.2. The third-order valence-electron chi connectivity index (χ3n) is 4.55. The van der Waals surface area contributed by atoms with Gasteiger partial charge >= 0.3 is 6.03 Å². The first-order valence-electron chi connectivity index (χ1n) is 8.82. The first kappa shape index (κ1) is 18.3. The number of nitrogens with one attached hydrogen (secondary N) is 2. The number of amides is 2. The van der Waals surface area contributed by atoms with E-state index >= 15 is 0 Å². The summed E-state index contributed by atoms with van der Waals surface area (Å²) < 4.78 is 16.9. The zero-order chi connectivity index (χ0) is 17.7. The highest BCUT2D eigenvalue weighted by molar-refractivity contribution is 6.32. The molecule has 6 nitrogen and oxygen atoms in total. The highest BCUT2D eigenvalue weighted by Gasteiger charge is 2.41. The highest BCUT2D eigenvalue weighted by atomic mass is 35.5. The van der Waals surface area contributed by atoms with Gasteiger partial charge in [-0.3, -0.25) is 0 Å². The molecule has 2 atom stereocenters. The van der Waals surface area contributed by atoms with Gasteiger partial charge in [-0.15, -0.1) is 0 Å². The lowest BCUT2D eigenvalue weighted by molar-refractivity contribution is -0.0877. The van der Waals surface area contributed by atoms with Crippen LogP contribution in [0.25, 0.3) is 0 Å². The Kier molecular flexibility index (Phi) is 6.04. The van der Waals surface area contributed by atoms with Crippen LogP contribution >= 0.6 is 11.6 Å². The Morgan fingerprint density at radius 1 is 1.44 bits per heavy atom. The minimum absolute atomic E-state index is 0.0816. The molecule has 2 aliphatic heterocycles. The number of carbonyl (C=O) groups excluding carboxylic acids is 1. The first-order chi connectivity index (χ1) is 12.1.